The first-order valence-electron chi connectivity index (χ1n) is 12.1. The standard InChI is InChI=1S/C26H35N3O2S/c1-3-20(4-2)29-24-13-12-19(15-22(24)27-25(29)16-21-11-8-14-32-21)26(31)28-23(17-30)18-9-6-5-7-10-18/h8,11-15,18,20,23,30H,3-7,9-10,16-17H2,1-2H3,(H,28,31). The first kappa shape index (κ1) is 23.0. The van der Waals surface area contributed by atoms with Crippen molar-refractivity contribution in [3.63, 3.8) is 0 Å². The minimum atomic E-state index is -0.171. The van der Waals surface area contributed by atoms with Gasteiger partial charge >= 0.3 is 0 Å². The molecule has 1 aliphatic rings. The van der Waals surface area contributed by atoms with E-state index in [1.54, 1.807) is 11.3 Å². The van der Waals surface area contributed by atoms with E-state index in [1.807, 2.05) is 18.2 Å². The summed E-state index contributed by atoms with van der Waals surface area (Å²) < 4.78 is 2.37. The molecule has 6 heteroatoms. The Bertz CT molecular complexity index is 1020. The molecule has 4 rings (SSSR count). The Labute approximate surface area is 194 Å². The second kappa shape index (κ2) is 10.6. The van der Waals surface area contributed by atoms with Crippen molar-refractivity contribution in [1.82, 2.24) is 14.9 Å². The number of benzene rings is 1. The third-order valence-corrected chi connectivity index (χ3v) is 7.85. The molecule has 2 heterocycles. The van der Waals surface area contributed by atoms with Gasteiger partial charge in [0.25, 0.3) is 5.91 Å². The molecule has 0 aliphatic heterocycles. The molecule has 1 aliphatic carbocycles. The summed E-state index contributed by atoms with van der Waals surface area (Å²) in [5.41, 5.74) is 2.57. The van der Waals surface area contributed by atoms with E-state index in [2.05, 4.69) is 41.2 Å². The predicted molar refractivity (Wildman–Crippen MR) is 131 cm³/mol. The van der Waals surface area contributed by atoms with Crippen LogP contribution in [0.5, 0.6) is 0 Å². The smallest absolute Gasteiger partial charge is 0.251 e. The number of hydrogen-bond donors (Lipinski definition) is 2. The Kier molecular flexibility index (Phi) is 7.63. The molecule has 0 radical (unpaired) electrons. The van der Waals surface area contributed by atoms with Gasteiger partial charge in [-0.05, 0) is 61.2 Å². The number of hydrogen-bond acceptors (Lipinski definition) is 4. The number of amides is 1. The molecule has 32 heavy (non-hydrogen) atoms. The largest absolute Gasteiger partial charge is 0.394 e. The summed E-state index contributed by atoms with van der Waals surface area (Å²) in [5, 5.41) is 15.1. The SMILES string of the molecule is CCC(CC)n1c(Cc2cccs2)nc2cc(C(=O)NC(CO)C3CCCCC3)ccc21. The van der Waals surface area contributed by atoms with Crippen molar-refractivity contribution in [1.29, 1.82) is 0 Å². The Morgan fingerprint density at radius 1 is 1.22 bits per heavy atom. The number of carbonyl (C=O) groups is 1. The monoisotopic (exact) mass is 453 g/mol. The molecule has 1 fully saturated rings. The van der Waals surface area contributed by atoms with E-state index in [-0.39, 0.29) is 18.6 Å². The molecule has 2 aromatic heterocycles. The summed E-state index contributed by atoms with van der Waals surface area (Å²) in [6, 6.07) is 10.3. The number of aliphatic hydroxyl groups is 1. The van der Waals surface area contributed by atoms with Gasteiger partial charge in [-0.3, -0.25) is 4.79 Å². The lowest BCUT2D eigenvalue weighted by atomic mass is 9.84. The highest BCUT2D eigenvalue weighted by Gasteiger charge is 2.25. The van der Waals surface area contributed by atoms with Crippen LogP contribution in [0.3, 0.4) is 0 Å². The highest BCUT2D eigenvalue weighted by atomic mass is 32.1. The van der Waals surface area contributed by atoms with Crippen LogP contribution in [0.4, 0.5) is 0 Å². The van der Waals surface area contributed by atoms with Crippen molar-refractivity contribution >= 4 is 28.3 Å². The van der Waals surface area contributed by atoms with E-state index < -0.39 is 0 Å². The zero-order valence-corrected chi connectivity index (χ0v) is 20.0. The minimum absolute atomic E-state index is 0.00702. The minimum Gasteiger partial charge on any atom is -0.394 e. The number of aliphatic hydroxyl groups excluding tert-OH is 1. The normalized spacial score (nSPS) is 16.0. The highest BCUT2D eigenvalue weighted by molar-refractivity contribution is 7.09. The zero-order chi connectivity index (χ0) is 22.5. The molecule has 0 saturated heterocycles. The third-order valence-electron chi connectivity index (χ3n) is 6.98. The molecule has 1 amide bonds. The Morgan fingerprint density at radius 2 is 2.00 bits per heavy atom. The molecular formula is C26H35N3O2S. The summed E-state index contributed by atoms with van der Waals surface area (Å²) >= 11 is 1.75. The molecule has 0 spiro atoms. The van der Waals surface area contributed by atoms with Gasteiger partial charge in [-0.1, -0.05) is 39.2 Å². The van der Waals surface area contributed by atoms with Gasteiger partial charge in [-0.15, -0.1) is 11.3 Å². The lowest BCUT2D eigenvalue weighted by Gasteiger charge is -2.29. The Balaban J connectivity index is 1.62. The van der Waals surface area contributed by atoms with E-state index >= 15 is 0 Å². The average molecular weight is 454 g/mol. The van der Waals surface area contributed by atoms with Gasteiger partial charge in [0.1, 0.15) is 5.82 Å². The fourth-order valence-corrected chi connectivity index (χ4v) is 5.85. The van der Waals surface area contributed by atoms with Gasteiger partial charge in [0.2, 0.25) is 0 Å². The van der Waals surface area contributed by atoms with Gasteiger partial charge in [0.15, 0.2) is 0 Å². The van der Waals surface area contributed by atoms with Crippen molar-refractivity contribution in [2.75, 3.05) is 6.61 Å². The number of rotatable bonds is 9. The van der Waals surface area contributed by atoms with Crippen LogP contribution in [0.2, 0.25) is 0 Å². The van der Waals surface area contributed by atoms with Crippen LogP contribution >= 0.6 is 11.3 Å². The fourth-order valence-electron chi connectivity index (χ4n) is 5.15. The Hall–Kier alpha value is -2.18. The highest BCUT2D eigenvalue weighted by Crippen LogP contribution is 2.29. The van der Waals surface area contributed by atoms with Crippen molar-refractivity contribution in [2.24, 2.45) is 5.92 Å². The van der Waals surface area contributed by atoms with E-state index in [4.69, 9.17) is 4.98 Å². The van der Waals surface area contributed by atoms with Crippen molar-refractivity contribution in [2.45, 2.75) is 77.3 Å². The maximum atomic E-state index is 13.0. The summed E-state index contributed by atoms with van der Waals surface area (Å²) in [6.45, 7) is 4.43. The quantitative estimate of drug-likeness (QED) is 0.435. The summed E-state index contributed by atoms with van der Waals surface area (Å²) in [6.07, 6.45) is 8.67. The van der Waals surface area contributed by atoms with Crippen molar-refractivity contribution in [3.05, 3.63) is 52.0 Å². The van der Waals surface area contributed by atoms with Gasteiger partial charge in [0.05, 0.1) is 23.7 Å². The lowest BCUT2D eigenvalue weighted by Crippen LogP contribution is -2.43. The van der Waals surface area contributed by atoms with Crippen LogP contribution in [0, 0.1) is 5.92 Å². The first-order chi connectivity index (χ1) is 15.6. The van der Waals surface area contributed by atoms with Crippen LogP contribution in [-0.2, 0) is 6.42 Å². The second-order valence-corrected chi connectivity index (χ2v) is 10.0. The number of imidazole rings is 1. The summed E-state index contributed by atoms with van der Waals surface area (Å²) in [4.78, 5) is 19.3. The molecule has 2 N–H and O–H groups in total. The van der Waals surface area contributed by atoms with E-state index in [1.165, 1.54) is 24.1 Å². The fraction of sp³-hybridized carbons (Fsp3) is 0.538. The van der Waals surface area contributed by atoms with Crippen molar-refractivity contribution < 1.29 is 9.90 Å². The maximum Gasteiger partial charge on any atom is 0.251 e. The Morgan fingerprint density at radius 3 is 2.66 bits per heavy atom. The first-order valence-corrected chi connectivity index (χ1v) is 13.0. The van der Waals surface area contributed by atoms with Crippen LogP contribution in [0.1, 0.15) is 85.9 Å². The van der Waals surface area contributed by atoms with Crippen LogP contribution in [0.15, 0.2) is 35.7 Å². The van der Waals surface area contributed by atoms with Crippen molar-refractivity contribution in [3.8, 4) is 0 Å². The number of carbonyl (C=O) groups excluding carboxylic acids is 1. The second-order valence-electron chi connectivity index (χ2n) is 8.99. The molecule has 1 saturated carbocycles. The molecule has 3 aromatic rings. The third kappa shape index (κ3) is 4.91. The average Bonchev–Trinajstić information content (AvgIpc) is 3.46. The number of fused-ring (bicyclic) bond motifs is 1. The molecule has 1 unspecified atom stereocenters. The number of thiophene rings is 1. The van der Waals surface area contributed by atoms with Gasteiger partial charge in [0, 0.05) is 22.9 Å². The van der Waals surface area contributed by atoms with Gasteiger partial charge < -0.3 is 15.0 Å². The lowest BCUT2D eigenvalue weighted by molar-refractivity contribution is 0.0871. The zero-order valence-electron chi connectivity index (χ0n) is 19.2. The van der Waals surface area contributed by atoms with E-state index in [0.717, 1.165) is 49.0 Å². The molecule has 172 valence electrons. The van der Waals surface area contributed by atoms with E-state index in [0.29, 0.717) is 17.5 Å². The maximum absolute atomic E-state index is 13.0. The summed E-state index contributed by atoms with van der Waals surface area (Å²) in [7, 11) is 0. The predicted octanol–water partition coefficient (Wildman–Crippen LogP) is 5.72. The molecule has 5 nitrogen and oxygen atoms in total. The molecular weight excluding hydrogens is 418 g/mol. The topological polar surface area (TPSA) is 67.2 Å². The van der Waals surface area contributed by atoms with E-state index in [9.17, 15) is 9.90 Å². The molecule has 0 bridgehead atoms. The number of aromatic nitrogens is 2. The summed E-state index contributed by atoms with van der Waals surface area (Å²) in [5.74, 6) is 1.31. The van der Waals surface area contributed by atoms with Crippen LogP contribution in [-0.4, -0.2) is 33.2 Å². The van der Waals surface area contributed by atoms with Gasteiger partial charge in [-0.2, -0.15) is 0 Å². The number of nitrogens with one attached hydrogen (secondary N) is 1. The van der Waals surface area contributed by atoms with Gasteiger partial charge in [-0.25, -0.2) is 4.98 Å². The number of nitrogens with zero attached hydrogens (tertiary/aromatic N) is 2. The molecule has 1 atom stereocenters. The molecule has 1 aromatic carbocycles. The van der Waals surface area contributed by atoms with Crippen LogP contribution in [0.25, 0.3) is 11.0 Å². The van der Waals surface area contributed by atoms with Crippen LogP contribution < -0.4 is 5.32 Å².